The molecule has 21 heavy (non-hydrogen) atoms. The van der Waals surface area contributed by atoms with Gasteiger partial charge in [-0.1, -0.05) is 11.8 Å². The van der Waals surface area contributed by atoms with Gasteiger partial charge >= 0.3 is 0 Å². The number of ether oxygens (including phenoxy) is 1. The Balaban J connectivity index is 1.88. The van der Waals surface area contributed by atoms with Crippen LogP contribution in [0.4, 0.5) is 0 Å². The molecular formula is C14H17N3O3S. The smallest absolute Gasteiger partial charge is 0.244 e. The van der Waals surface area contributed by atoms with Gasteiger partial charge in [0.25, 0.3) is 0 Å². The second kappa shape index (κ2) is 5.73. The first-order valence-corrected chi connectivity index (χ1v) is 8.33. The summed E-state index contributed by atoms with van der Waals surface area (Å²) in [7, 11) is -3.54. The molecule has 0 saturated carbocycles. The summed E-state index contributed by atoms with van der Waals surface area (Å²) in [6, 6.07) is 1.54. The van der Waals surface area contributed by atoms with E-state index >= 15 is 0 Å². The molecule has 1 aromatic heterocycles. The number of sulfonamides is 1. The third-order valence-electron chi connectivity index (χ3n) is 3.70. The molecule has 2 N–H and O–H groups in total. The van der Waals surface area contributed by atoms with E-state index in [1.54, 1.807) is 6.07 Å². The second-order valence-corrected chi connectivity index (χ2v) is 7.13. The SMILES string of the molecule is NCC#Cc1cncc(S(=O)(=O)N2CC3CCC(C2)O3)c1. The van der Waals surface area contributed by atoms with Crippen LogP contribution >= 0.6 is 0 Å². The number of hydrogen-bond acceptors (Lipinski definition) is 5. The van der Waals surface area contributed by atoms with Gasteiger partial charge in [0.15, 0.2) is 0 Å². The van der Waals surface area contributed by atoms with Crippen molar-refractivity contribution in [3.63, 3.8) is 0 Å². The van der Waals surface area contributed by atoms with Crippen molar-refractivity contribution in [3.05, 3.63) is 24.0 Å². The van der Waals surface area contributed by atoms with Crippen LogP contribution in [0.3, 0.4) is 0 Å². The minimum atomic E-state index is -3.54. The van der Waals surface area contributed by atoms with Gasteiger partial charge in [-0.15, -0.1) is 0 Å². The highest BCUT2D eigenvalue weighted by Crippen LogP contribution is 2.29. The van der Waals surface area contributed by atoms with Crippen molar-refractivity contribution in [1.29, 1.82) is 0 Å². The summed E-state index contributed by atoms with van der Waals surface area (Å²) < 4.78 is 32.6. The van der Waals surface area contributed by atoms with Crippen molar-refractivity contribution in [2.24, 2.45) is 5.73 Å². The molecule has 6 nitrogen and oxygen atoms in total. The Morgan fingerprint density at radius 2 is 2.05 bits per heavy atom. The van der Waals surface area contributed by atoms with Crippen LogP contribution < -0.4 is 5.73 Å². The molecule has 0 spiro atoms. The largest absolute Gasteiger partial charge is 0.372 e. The Kier molecular flexibility index (Phi) is 3.95. The number of rotatable bonds is 2. The van der Waals surface area contributed by atoms with Gasteiger partial charge in [-0.05, 0) is 18.9 Å². The Labute approximate surface area is 124 Å². The molecule has 0 aromatic carbocycles. The van der Waals surface area contributed by atoms with Crippen LogP contribution in [0.1, 0.15) is 18.4 Å². The minimum absolute atomic E-state index is 0.0201. The summed E-state index contributed by atoms with van der Waals surface area (Å²) in [5.41, 5.74) is 5.87. The van der Waals surface area contributed by atoms with Crippen LogP contribution in [0.5, 0.6) is 0 Å². The highest BCUT2D eigenvalue weighted by molar-refractivity contribution is 7.89. The van der Waals surface area contributed by atoms with Gasteiger partial charge in [0.2, 0.25) is 10.0 Å². The third-order valence-corrected chi connectivity index (χ3v) is 5.49. The van der Waals surface area contributed by atoms with Crippen LogP contribution in [-0.2, 0) is 14.8 Å². The third kappa shape index (κ3) is 2.94. The van der Waals surface area contributed by atoms with Gasteiger partial charge in [-0.25, -0.2) is 8.42 Å². The maximum Gasteiger partial charge on any atom is 0.244 e. The molecule has 0 amide bonds. The molecule has 2 atom stereocenters. The average Bonchev–Trinajstić information content (AvgIpc) is 2.83. The lowest BCUT2D eigenvalue weighted by Crippen LogP contribution is -2.45. The van der Waals surface area contributed by atoms with Crippen LogP contribution in [0, 0.1) is 11.8 Å². The number of nitrogens with two attached hydrogens (primary N) is 1. The zero-order valence-corrected chi connectivity index (χ0v) is 12.3. The number of pyridine rings is 1. The molecule has 112 valence electrons. The molecule has 2 saturated heterocycles. The molecule has 0 radical (unpaired) electrons. The van der Waals surface area contributed by atoms with Crippen molar-refractivity contribution in [2.75, 3.05) is 19.6 Å². The number of morpholine rings is 1. The van der Waals surface area contributed by atoms with Gasteiger partial charge in [0.05, 0.1) is 18.8 Å². The number of aromatic nitrogens is 1. The second-order valence-electron chi connectivity index (χ2n) is 5.19. The summed E-state index contributed by atoms with van der Waals surface area (Å²) in [6.45, 7) is 1.05. The van der Waals surface area contributed by atoms with E-state index in [9.17, 15) is 8.42 Å². The van der Waals surface area contributed by atoms with Gasteiger partial charge in [-0.2, -0.15) is 4.31 Å². The summed E-state index contributed by atoms with van der Waals surface area (Å²) in [6.07, 6.45) is 4.79. The first kappa shape index (κ1) is 14.5. The van der Waals surface area contributed by atoms with Crippen LogP contribution in [0.2, 0.25) is 0 Å². The Hall–Kier alpha value is -1.46. The van der Waals surface area contributed by atoms with Gasteiger partial charge in [-0.3, -0.25) is 4.98 Å². The first-order chi connectivity index (χ1) is 10.1. The average molecular weight is 307 g/mol. The Morgan fingerprint density at radius 1 is 1.33 bits per heavy atom. The molecule has 2 fully saturated rings. The van der Waals surface area contributed by atoms with E-state index in [4.69, 9.17) is 10.5 Å². The maximum atomic E-state index is 12.7. The summed E-state index contributed by atoms with van der Waals surface area (Å²) in [4.78, 5) is 4.15. The lowest BCUT2D eigenvalue weighted by molar-refractivity contribution is -0.0114. The van der Waals surface area contributed by atoms with E-state index < -0.39 is 10.0 Å². The standard InChI is InChI=1S/C14H17N3O3S/c15-5-1-2-11-6-14(8-16-7-11)21(18,19)17-9-12-3-4-13(10-17)20-12/h6-8,12-13H,3-5,9-10,15H2. The van der Waals surface area contributed by atoms with E-state index in [-0.39, 0.29) is 23.6 Å². The lowest BCUT2D eigenvalue weighted by atomic mass is 10.2. The summed E-state index contributed by atoms with van der Waals surface area (Å²) >= 11 is 0. The molecule has 2 aliphatic rings. The normalized spacial score (nSPS) is 25.4. The fourth-order valence-electron chi connectivity index (χ4n) is 2.70. The van der Waals surface area contributed by atoms with Crippen molar-refractivity contribution < 1.29 is 13.2 Å². The quantitative estimate of drug-likeness (QED) is 0.774. The zero-order valence-electron chi connectivity index (χ0n) is 11.5. The molecule has 1 aromatic rings. The lowest BCUT2D eigenvalue weighted by Gasteiger charge is -2.31. The van der Waals surface area contributed by atoms with Crippen LogP contribution in [-0.4, -0.2) is 49.5 Å². The van der Waals surface area contributed by atoms with Crippen molar-refractivity contribution in [3.8, 4) is 11.8 Å². The zero-order chi connectivity index (χ0) is 14.9. The van der Waals surface area contributed by atoms with E-state index in [1.807, 2.05) is 0 Å². The molecule has 2 unspecified atom stereocenters. The maximum absolute atomic E-state index is 12.7. The topological polar surface area (TPSA) is 85.5 Å². The van der Waals surface area contributed by atoms with E-state index in [2.05, 4.69) is 16.8 Å². The van der Waals surface area contributed by atoms with Gasteiger partial charge < -0.3 is 10.5 Å². The predicted octanol–water partition coefficient (Wildman–Crippen LogP) is -0.0563. The van der Waals surface area contributed by atoms with E-state index in [0.29, 0.717) is 18.7 Å². The highest BCUT2D eigenvalue weighted by Gasteiger charge is 2.39. The summed E-state index contributed by atoms with van der Waals surface area (Å²) in [5.74, 6) is 5.50. The van der Waals surface area contributed by atoms with Gasteiger partial charge in [0.1, 0.15) is 4.90 Å². The van der Waals surface area contributed by atoms with Crippen LogP contribution in [0.15, 0.2) is 23.4 Å². The number of fused-ring (bicyclic) bond motifs is 2. The summed E-state index contributed by atoms with van der Waals surface area (Å²) in [5, 5.41) is 0. The molecule has 2 bridgehead atoms. The monoisotopic (exact) mass is 307 g/mol. The number of nitrogens with zero attached hydrogens (tertiary/aromatic N) is 2. The fourth-order valence-corrected chi connectivity index (χ4v) is 4.20. The number of hydrogen-bond donors (Lipinski definition) is 1. The fraction of sp³-hybridized carbons (Fsp3) is 0.500. The molecular weight excluding hydrogens is 290 g/mol. The van der Waals surface area contributed by atoms with Crippen molar-refractivity contribution in [1.82, 2.24) is 9.29 Å². The molecule has 3 rings (SSSR count). The van der Waals surface area contributed by atoms with Crippen molar-refractivity contribution >= 4 is 10.0 Å². The molecule has 2 aliphatic heterocycles. The molecule has 7 heteroatoms. The molecule has 0 aliphatic carbocycles. The minimum Gasteiger partial charge on any atom is -0.372 e. The van der Waals surface area contributed by atoms with E-state index in [0.717, 1.165) is 12.8 Å². The predicted molar refractivity (Wildman–Crippen MR) is 76.8 cm³/mol. The first-order valence-electron chi connectivity index (χ1n) is 6.89. The van der Waals surface area contributed by atoms with E-state index in [1.165, 1.54) is 16.7 Å². The highest BCUT2D eigenvalue weighted by atomic mass is 32.2. The Morgan fingerprint density at radius 3 is 2.71 bits per heavy atom. The van der Waals surface area contributed by atoms with Crippen LogP contribution in [0.25, 0.3) is 0 Å². The Bertz CT molecular complexity index is 681. The molecule has 3 heterocycles. The van der Waals surface area contributed by atoms with Crippen molar-refractivity contribution in [2.45, 2.75) is 29.9 Å². The van der Waals surface area contributed by atoms with Gasteiger partial charge in [0, 0.05) is 31.0 Å².